The summed E-state index contributed by atoms with van der Waals surface area (Å²) in [7, 11) is 0. The minimum atomic E-state index is -0.831. The van der Waals surface area contributed by atoms with Crippen LogP contribution in [0.4, 0.5) is 0 Å². The van der Waals surface area contributed by atoms with Crippen molar-refractivity contribution < 1.29 is 15.0 Å². The molecule has 1 aliphatic rings. The van der Waals surface area contributed by atoms with E-state index in [1.807, 2.05) is 0 Å². The molecule has 1 saturated carbocycles. The highest BCUT2D eigenvalue weighted by Crippen LogP contribution is 2.23. The van der Waals surface area contributed by atoms with Gasteiger partial charge >= 0.3 is 0 Å². The minimum absolute atomic E-state index is 0.0252. The van der Waals surface area contributed by atoms with E-state index >= 15 is 0 Å². The standard InChI is InChI=1S/C10H19NO3/c12-7-9(13)6-11-10(14)8-4-2-1-3-5-8/h8-9,12-13H,1-7H2,(H,11,14)/t9-/m1/s1. The number of aliphatic hydroxyl groups is 2. The van der Waals surface area contributed by atoms with Crippen LogP contribution < -0.4 is 5.32 Å². The molecule has 82 valence electrons. The van der Waals surface area contributed by atoms with Crippen LogP contribution in [0, 0.1) is 5.92 Å². The van der Waals surface area contributed by atoms with Gasteiger partial charge < -0.3 is 15.5 Å². The van der Waals surface area contributed by atoms with Crippen LogP contribution in [-0.4, -0.2) is 35.4 Å². The van der Waals surface area contributed by atoms with E-state index in [9.17, 15) is 4.79 Å². The Morgan fingerprint density at radius 2 is 2.00 bits per heavy atom. The Morgan fingerprint density at radius 1 is 1.36 bits per heavy atom. The molecule has 0 spiro atoms. The van der Waals surface area contributed by atoms with Gasteiger partial charge in [0.2, 0.25) is 5.91 Å². The van der Waals surface area contributed by atoms with Crippen molar-refractivity contribution in [2.24, 2.45) is 5.92 Å². The van der Waals surface area contributed by atoms with Crippen molar-refractivity contribution >= 4 is 5.91 Å². The Hall–Kier alpha value is -0.610. The van der Waals surface area contributed by atoms with E-state index < -0.39 is 6.10 Å². The Bertz CT molecular complexity index is 178. The number of amides is 1. The van der Waals surface area contributed by atoms with Gasteiger partial charge in [0.15, 0.2) is 0 Å². The molecule has 4 nitrogen and oxygen atoms in total. The maximum atomic E-state index is 11.5. The van der Waals surface area contributed by atoms with E-state index in [1.54, 1.807) is 0 Å². The van der Waals surface area contributed by atoms with Crippen molar-refractivity contribution in [2.45, 2.75) is 38.2 Å². The van der Waals surface area contributed by atoms with E-state index in [0.717, 1.165) is 25.7 Å². The van der Waals surface area contributed by atoms with Crippen LogP contribution >= 0.6 is 0 Å². The molecule has 0 radical (unpaired) electrons. The van der Waals surface area contributed by atoms with E-state index in [1.165, 1.54) is 6.42 Å². The number of hydrogen-bond acceptors (Lipinski definition) is 3. The lowest BCUT2D eigenvalue weighted by atomic mass is 9.89. The van der Waals surface area contributed by atoms with Crippen LogP contribution in [0.5, 0.6) is 0 Å². The molecule has 0 aliphatic heterocycles. The Morgan fingerprint density at radius 3 is 2.57 bits per heavy atom. The Balaban J connectivity index is 2.19. The lowest BCUT2D eigenvalue weighted by molar-refractivity contribution is -0.126. The summed E-state index contributed by atoms with van der Waals surface area (Å²) in [5, 5.41) is 20.3. The molecule has 0 bridgehead atoms. The summed E-state index contributed by atoms with van der Waals surface area (Å²) in [6, 6.07) is 0. The topological polar surface area (TPSA) is 69.6 Å². The number of rotatable bonds is 4. The van der Waals surface area contributed by atoms with Gasteiger partial charge in [0.1, 0.15) is 0 Å². The van der Waals surface area contributed by atoms with Gasteiger partial charge in [0.25, 0.3) is 0 Å². The van der Waals surface area contributed by atoms with E-state index in [-0.39, 0.29) is 25.0 Å². The highest BCUT2D eigenvalue weighted by atomic mass is 16.3. The van der Waals surface area contributed by atoms with Crippen molar-refractivity contribution in [2.75, 3.05) is 13.2 Å². The zero-order chi connectivity index (χ0) is 10.4. The fourth-order valence-corrected chi connectivity index (χ4v) is 1.79. The third-order valence-electron chi connectivity index (χ3n) is 2.70. The highest BCUT2D eigenvalue weighted by Gasteiger charge is 2.20. The van der Waals surface area contributed by atoms with E-state index in [0.29, 0.717) is 0 Å². The first-order chi connectivity index (χ1) is 6.74. The quantitative estimate of drug-likeness (QED) is 0.601. The van der Waals surface area contributed by atoms with Gasteiger partial charge in [0, 0.05) is 12.5 Å². The molecule has 0 aromatic heterocycles. The molecule has 0 unspecified atom stereocenters. The van der Waals surface area contributed by atoms with Gasteiger partial charge in [-0.25, -0.2) is 0 Å². The van der Waals surface area contributed by atoms with Crippen molar-refractivity contribution in [1.82, 2.24) is 5.32 Å². The second kappa shape index (κ2) is 5.98. The fourth-order valence-electron chi connectivity index (χ4n) is 1.79. The minimum Gasteiger partial charge on any atom is -0.394 e. The van der Waals surface area contributed by atoms with Crippen molar-refractivity contribution in [3.8, 4) is 0 Å². The molecule has 4 heteroatoms. The summed E-state index contributed by atoms with van der Waals surface area (Å²) in [4.78, 5) is 11.5. The first-order valence-electron chi connectivity index (χ1n) is 5.30. The Labute approximate surface area is 84.3 Å². The van der Waals surface area contributed by atoms with Gasteiger partial charge in [-0.2, -0.15) is 0 Å². The Kier molecular flexibility index (Phi) is 4.90. The predicted molar refractivity (Wildman–Crippen MR) is 52.7 cm³/mol. The fraction of sp³-hybridized carbons (Fsp3) is 0.900. The van der Waals surface area contributed by atoms with Crippen LogP contribution in [0.15, 0.2) is 0 Å². The summed E-state index contributed by atoms with van der Waals surface area (Å²) in [5.41, 5.74) is 0. The zero-order valence-electron chi connectivity index (χ0n) is 8.41. The summed E-state index contributed by atoms with van der Waals surface area (Å²) in [6.07, 6.45) is 4.56. The molecule has 0 heterocycles. The van der Waals surface area contributed by atoms with Gasteiger partial charge in [-0.3, -0.25) is 4.79 Å². The molecule has 14 heavy (non-hydrogen) atoms. The normalized spacial score (nSPS) is 20.4. The van der Waals surface area contributed by atoms with Crippen LogP contribution in [0.1, 0.15) is 32.1 Å². The van der Waals surface area contributed by atoms with Crippen LogP contribution in [0.2, 0.25) is 0 Å². The SMILES string of the molecule is O=C(NC[C@@H](O)CO)C1CCCCC1. The van der Waals surface area contributed by atoms with Gasteiger partial charge in [-0.05, 0) is 12.8 Å². The van der Waals surface area contributed by atoms with E-state index in [2.05, 4.69) is 5.32 Å². The van der Waals surface area contributed by atoms with Gasteiger partial charge in [0.05, 0.1) is 12.7 Å². The molecule has 0 saturated heterocycles. The first kappa shape index (κ1) is 11.5. The number of carbonyl (C=O) groups excluding carboxylic acids is 1. The maximum absolute atomic E-state index is 11.5. The third-order valence-corrected chi connectivity index (χ3v) is 2.70. The lowest BCUT2D eigenvalue weighted by Gasteiger charge is -2.21. The average molecular weight is 201 g/mol. The summed E-state index contributed by atoms with van der Waals surface area (Å²) >= 11 is 0. The van der Waals surface area contributed by atoms with Gasteiger partial charge in [-0.1, -0.05) is 19.3 Å². The monoisotopic (exact) mass is 201 g/mol. The largest absolute Gasteiger partial charge is 0.394 e. The third kappa shape index (κ3) is 3.64. The smallest absolute Gasteiger partial charge is 0.223 e. The average Bonchev–Trinajstić information content (AvgIpc) is 2.26. The number of aliphatic hydroxyl groups excluding tert-OH is 2. The number of carbonyl (C=O) groups is 1. The van der Waals surface area contributed by atoms with Crippen LogP contribution in [0.25, 0.3) is 0 Å². The maximum Gasteiger partial charge on any atom is 0.223 e. The van der Waals surface area contributed by atoms with Crippen molar-refractivity contribution in [1.29, 1.82) is 0 Å². The molecule has 1 atom stereocenters. The summed E-state index contributed by atoms with van der Waals surface area (Å²) in [5.74, 6) is 0.145. The van der Waals surface area contributed by atoms with Gasteiger partial charge in [-0.15, -0.1) is 0 Å². The molecule has 1 fully saturated rings. The number of nitrogens with one attached hydrogen (secondary N) is 1. The molecule has 0 aromatic carbocycles. The molecule has 1 rings (SSSR count). The predicted octanol–water partition coefficient (Wildman–Crippen LogP) is 0.0361. The lowest BCUT2D eigenvalue weighted by Crippen LogP contribution is -2.38. The van der Waals surface area contributed by atoms with E-state index in [4.69, 9.17) is 10.2 Å². The second-order valence-electron chi connectivity index (χ2n) is 3.92. The van der Waals surface area contributed by atoms with Crippen LogP contribution in [0.3, 0.4) is 0 Å². The van der Waals surface area contributed by atoms with Crippen molar-refractivity contribution in [3.63, 3.8) is 0 Å². The molecular weight excluding hydrogens is 182 g/mol. The van der Waals surface area contributed by atoms with Crippen molar-refractivity contribution in [3.05, 3.63) is 0 Å². The second-order valence-corrected chi connectivity index (χ2v) is 3.92. The molecule has 1 aliphatic carbocycles. The zero-order valence-corrected chi connectivity index (χ0v) is 8.41. The molecule has 1 amide bonds. The van der Waals surface area contributed by atoms with Crippen LogP contribution in [-0.2, 0) is 4.79 Å². The first-order valence-corrected chi connectivity index (χ1v) is 5.30. The summed E-state index contributed by atoms with van der Waals surface area (Å²) < 4.78 is 0. The molecule has 3 N–H and O–H groups in total. The molecule has 0 aromatic rings. The highest BCUT2D eigenvalue weighted by molar-refractivity contribution is 5.78. The summed E-state index contributed by atoms with van der Waals surface area (Å²) in [6.45, 7) is -0.142. The number of hydrogen-bond donors (Lipinski definition) is 3. The molecular formula is C10H19NO3.